The molecule has 4 radical (unpaired) electrons. The summed E-state index contributed by atoms with van der Waals surface area (Å²) in [6, 6.07) is 0. The van der Waals surface area contributed by atoms with Gasteiger partial charge in [-0.05, 0) is 0 Å². The molecule has 0 amide bonds. The number of hydrogen-bond donors (Lipinski definition) is 3. The normalized spacial score (nSPS) is 6.56. The van der Waals surface area contributed by atoms with E-state index in [1.54, 1.807) is 0 Å². The van der Waals surface area contributed by atoms with E-state index in [-0.39, 0.29) is 108 Å². The van der Waals surface area contributed by atoms with Crippen LogP contribution in [0.15, 0.2) is 0 Å². The van der Waals surface area contributed by atoms with Crippen LogP contribution in [0, 0.1) is 0 Å². The molecule has 0 rings (SSSR count). The summed E-state index contributed by atoms with van der Waals surface area (Å²) >= 11 is 0. The number of phosphoric acid groups is 1. The van der Waals surface area contributed by atoms with Gasteiger partial charge in [0.05, 0.1) is 0 Å². The van der Waals surface area contributed by atoms with E-state index < -0.39 is 7.82 Å². The van der Waals surface area contributed by atoms with Crippen LogP contribution in [0.2, 0.25) is 0 Å². The Bertz CT molecular complexity index is 63.1. The fourth-order valence-electron chi connectivity index (χ4n) is 0. The van der Waals surface area contributed by atoms with Gasteiger partial charge in [-0.3, -0.25) is 0 Å². The second-order valence-electron chi connectivity index (χ2n) is 0.513. The molecule has 0 aliphatic carbocycles. The van der Waals surface area contributed by atoms with Gasteiger partial charge in [-0.25, -0.2) is 4.57 Å². The van der Waals surface area contributed by atoms with E-state index in [4.69, 9.17) is 19.2 Å². The van der Waals surface area contributed by atoms with Crippen molar-refractivity contribution in [1.29, 1.82) is 0 Å². The smallest absolute Gasteiger partial charge is 0.412 e. The van der Waals surface area contributed by atoms with Gasteiger partial charge in [0, 0.05) is 103 Å². The second-order valence-corrected chi connectivity index (χ2v) is 1.54. The minimum Gasteiger partial charge on any atom is -0.412 e. The molecule has 9 heteroatoms. The average molecular weight is 309 g/mol. The summed E-state index contributed by atoms with van der Waals surface area (Å²) in [7, 11) is -4.64. The van der Waals surface area contributed by atoms with Crippen LogP contribution < -0.4 is 0 Å². The zero-order valence-corrected chi connectivity index (χ0v) is 14.4. The van der Waals surface area contributed by atoms with Crippen molar-refractivity contribution < 1.29 is 44.2 Å². The molecule has 0 fully saturated rings. The van der Waals surface area contributed by atoms with E-state index in [1.807, 2.05) is 0 Å². The third-order valence-electron chi connectivity index (χ3n) is 0. The fraction of sp³-hybridized carbons (Fsp3) is 0. The number of rotatable bonds is 0. The Morgan fingerprint density at radius 2 is 1.11 bits per heavy atom. The fourth-order valence-corrected chi connectivity index (χ4v) is 0. The van der Waals surface area contributed by atoms with Gasteiger partial charge in [-0.2, -0.15) is 0 Å². The molecule has 5 N–H and O–H groups in total. The first-order valence-electron chi connectivity index (χ1n) is 0.783. The summed E-state index contributed by atoms with van der Waals surface area (Å²) in [4.78, 5) is 21.6. The van der Waals surface area contributed by atoms with Gasteiger partial charge in [-0.1, -0.05) is 0 Å². The van der Waals surface area contributed by atoms with Crippen molar-refractivity contribution in [2.24, 2.45) is 0 Å². The van der Waals surface area contributed by atoms with Gasteiger partial charge < -0.3 is 20.2 Å². The van der Waals surface area contributed by atoms with Gasteiger partial charge in [-0.15, -0.1) is 0 Å². The van der Waals surface area contributed by atoms with Crippen LogP contribution in [0.4, 0.5) is 0 Å². The predicted octanol–water partition coefficient (Wildman–Crippen LogP) is -2.52. The number of hydrogen-bond acceptors (Lipinski definition) is 1. The van der Waals surface area contributed by atoms with Crippen molar-refractivity contribution in [1.82, 2.24) is 0 Å². The van der Waals surface area contributed by atoms with Crippen LogP contribution in [-0.2, 0) is 24.0 Å². The summed E-state index contributed by atoms with van der Waals surface area (Å²) in [6.45, 7) is 0. The largest absolute Gasteiger partial charge is 0.466 e. The standard InChI is InChI=1S/Ca.H3O4P.H2O.Sr.Zn/c;1-5(2,3)4;;;/h;(H3,1,2,3,4);1H2;;. The zero-order chi connectivity index (χ0) is 4.50. The molecular weight excluding hydrogens is 304 g/mol. The van der Waals surface area contributed by atoms with E-state index in [0.717, 1.165) is 0 Å². The molecule has 0 aliphatic rings. The van der Waals surface area contributed by atoms with Crippen molar-refractivity contribution in [3.8, 4) is 0 Å². The first-order chi connectivity index (χ1) is 2.00. The zero-order valence-electron chi connectivity index (χ0n) is 4.82. The maximum absolute atomic E-state index is 8.88. The molecule has 9 heavy (non-hydrogen) atoms. The molecular formula is H5CaO5PSrZn. The van der Waals surface area contributed by atoms with Crippen molar-refractivity contribution >= 4 is 91.0 Å². The molecule has 0 aromatic carbocycles. The van der Waals surface area contributed by atoms with Gasteiger partial charge in [0.25, 0.3) is 0 Å². The molecule has 0 bridgehead atoms. The maximum Gasteiger partial charge on any atom is 0.466 e. The molecule has 0 spiro atoms. The van der Waals surface area contributed by atoms with E-state index in [0.29, 0.717) is 0 Å². The minimum absolute atomic E-state index is 0. The van der Waals surface area contributed by atoms with Crippen LogP contribution in [0.5, 0.6) is 0 Å². The third kappa shape index (κ3) is 86.3. The van der Waals surface area contributed by atoms with Crippen molar-refractivity contribution in [3.05, 3.63) is 0 Å². The maximum atomic E-state index is 8.88. The summed E-state index contributed by atoms with van der Waals surface area (Å²) in [5.41, 5.74) is 0. The Morgan fingerprint density at radius 1 is 1.11 bits per heavy atom. The summed E-state index contributed by atoms with van der Waals surface area (Å²) in [6.07, 6.45) is 0. The second kappa shape index (κ2) is 14.0. The summed E-state index contributed by atoms with van der Waals surface area (Å²) in [5, 5.41) is 0. The Labute approximate surface area is 132 Å². The van der Waals surface area contributed by atoms with E-state index in [9.17, 15) is 0 Å². The average Bonchev–Trinajstić information content (AvgIpc) is 0.722. The quantitative estimate of drug-likeness (QED) is 0.339. The van der Waals surface area contributed by atoms with Gasteiger partial charge in [0.1, 0.15) is 0 Å². The molecule has 0 unspecified atom stereocenters. The Balaban J connectivity index is -0.0000000133. The van der Waals surface area contributed by atoms with Crippen molar-refractivity contribution in [3.63, 3.8) is 0 Å². The monoisotopic (exact) mass is 308 g/mol. The molecule has 5 nitrogen and oxygen atoms in total. The van der Waals surface area contributed by atoms with Crippen LogP contribution in [-0.4, -0.2) is 103 Å². The third-order valence-corrected chi connectivity index (χ3v) is 0. The molecule has 0 saturated carbocycles. The van der Waals surface area contributed by atoms with Gasteiger partial charge in [0.15, 0.2) is 0 Å². The Hall–Kier alpha value is 3.43. The minimum atomic E-state index is -4.64. The predicted molar refractivity (Wildman–Crippen MR) is 29.4 cm³/mol. The molecule has 0 atom stereocenters. The molecule has 0 heterocycles. The van der Waals surface area contributed by atoms with Crippen LogP contribution in [0.1, 0.15) is 0 Å². The molecule has 0 aromatic rings. The Kier molecular flexibility index (Phi) is 45.7. The van der Waals surface area contributed by atoms with Gasteiger partial charge >= 0.3 is 7.82 Å². The first-order valence-corrected chi connectivity index (χ1v) is 2.35. The first kappa shape index (κ1) is 29.4. The van der Waals surface area contributed by atoms with Crippen molar-refractivity contribution in [2.45, 2.75) is 0 Å². The summed E-state index contributed by atoms with van der Waals surface area (Å²) < 4.78 is 8.88. The topological polar surface area (TPSA) is 109 Å². The summed E-state index contributed by atoms with van der Waals surface area (Å²) in [5.74, 6) is 0. The molecule has 46 valence electrons. The van der Waals surface area contributed by atoms with Crippen LogP contribution in [0.25, 0.3) is 0 Å². The van der Waals surface area contributed by atoms with Gasteiger partial charge in [0.2, 0.25) is 0 Å². The van der Waals surface area contributed by atoms with E-state index in [2.05, 4.69) is 0 Å². The SMILES string of the molecule is O.O=P(O)(O)O.[Ca].[Sr].[Zn]. The van der Waals surface area contributed by atoms with E-state index in [1.165, 1.54) is 0 Å². The molecule has 0 saturated heterocycles. The Morgan fingerprint density at radius 3 is 1.11 bits per heavy atom. The molecule has 0 aliphatic heterocycles. The van der Waals surface area contributed by atoms with Crippen LogP contribution in [0.3, 0.4) is 0 Å². The van der Waals surface area contributed by atoms with Crippen LogP contribution >= 0.6 is 7.82 Å². The van der Waals surface area contributed by atoms with Crippen molar-refractivity contribution in [2.75, 3.05) is 0 Å². The molecule has 0 aromatic heterocycles. The van der Waals surface area contributed by atoms with E-state index >= 15 is 0 Å².